The van der Waals surface area contributed by atoms with Gasteiger partial charge in [0.1, 0.15) is 0 Å². The number of ether oxygens (including phenoxy) is 3. The normalized spacial score (nSPS) is 15.8. The van der Waals surface area contributed by atoms with Gasteiger partial charge in [0.05, 0.1) is 52.6 Å². The van der Waals surface area contributed by atoms with Crippen molar-refractivity contribution < 1.29 is 58.3 Å². The fraction of sp³-hybridized carbons (Fsp3) is 0.806. The van der Waals surface area contributed by atoms with Crippen LogP contribution in [-0.4, -0.2) is 209 Å². The van der Waals surface area contributed by atoms with Gasteiger partial charge in [-0.1, -0.05) is 0 Å². The molecule has 1 rings (SSSR count). The van der Waals surface area contributed by atoms with Crippen molar-refractivity contribution in [2.45, 2.75) is 25.7 Å². The van der Waals surface area contributed by atoms with Gasteiger partial charge in [0, 0.05) is 98.6 Å². The van der Waals surface area contributed by atoms with Crippen LogP contribution >= 0.6 is 0 Å². The molecule has 0 aromatic rings. The van der Waals surface area contributed by atoms with Gasteiger partial charge in [0.25, 0.3) is 0 Å². The van der Waals surface area contributed by atoms with Gasteiger partial charge in [-0.2, -0.15) is 0 Å². The molecule has 1 saturated heterocycles. The number of rotatable bonds is 25. The molecule has 1 heterocycles. The number of carbonyl (C=O) groups is 6. The van der Waals surface area contributed by atoms with Crippen molar-refractivity contribution in [3.8, 4) is 0 Å². The maximum Gasteiger partial charge on any atom is 0.317 e. The number of carboxylic acids is 3. The predicted octanol–water partition coefficient (Wildman–Crippen LogP) is -2.95. The maximum absolute atomic E-state index is 12.7. The molecule has 0 unspecified atom stereocenters. The van der Waals surface area contributed by atoms with Crippen molar-refractivity contribution in [2.75, 3.05) is 138 Å². The molecule has 288 valence electrons. The van der Waals surface area contributed by atoms with Crippen molar-refractivity contribution in [3.63, 3.8) is 0 Å². The van der Waals surface area contributed by atoms with Gasteiger partial charge in [-0.05, 0) is 12.8 Å². The second kappa shape index (κ2) is 28.3. The molecule has 0 radical (unpaired) electrons. The van der Waals surface area contributed by atoms with Crippen molar-refractivity contribution >= 4 is 35.6 Å². The molecule has 0 aromatic heterocycles. The van der Waals surface area contributed by atoms with Crippen molar-refractivity contribution in [2.24, 2.45) is 0 Å². The molecule has 0 saturated carbocycles. The SMILES string of the molecule is CNC(=O)CCC(=O)NCCCOCCOCCOCCCNC(=O)CN1CCN(CC(=O)O)CCN(CC(=O)O)CCN(CC(=O)O)CC1. The minimum atomic E-state index is -1.02. The van der Waals surface area contributed by atoms with Crippen molar-refractivity contribution in [1.29, 1.82) is 0 Å². The fourth-order valence-electron chi connectivity index (χ4n) is 4.83. The standard InChI is InChI=1S/C31H57N7O12/c1-32-26(39)4-5-27(40)33-6-2-16-48-18-20-50-21-19-49-17-3-7-34-28(41)22-35-8-10-36(23-29(42)43)12-14-38(25-31(46)47)15-13-37(11-9-35)24-30(44)45/h2-25H2,1H3,(H,32,39)(H,33,40)(H,34,41)(H,42,43)(H,44,45)(H,46,47). The van der Waals surface area contributed by atoms with E-state index in [4.69, 9.17) is 14.2 Å². The van der Waals surface area contributed by atoms with Gasteiger partial charge < -0.3 is 45.5 Å². The minimum Gasteiger partial charge on any atom is -0.480 e. The first kappa shape index (κ1) is 44.6. The van der Waals surface area contributed by atoms with E-state index in [1.54, 1.807) is 14.7 Å². The Hall–Kier alpha value is -3.46. The maximum atomic E-state index is 12.7. The average molecular weight is 720 g/mol. The lowest BCUT2D eigenvalue weighted by molar-refractivity contribution is -0.140. The Balaban J connectivity index is 2.28. The number of carbonyl (C=O) groups excluding carboxylic acids is 3. The number of amides is 3. The van der Waals surface area contributed by atoms with Crippen LogP contribution in [-0.2, 0) is 43.0 Å². The van der Waals surface area contributed by atoms with Crippen LogP contribution in [0.15, 0.2) is 0 Å². The molecule has 0 aromatic carbocycles. The van der Waals surface area contributed by atoms with Crippen LogP contribution in [0.4, 0.5) is 0 Å². The summed E-state index contributed by atoms with van der Waals surface area (Å²) in [7, 11) is 1.53. The van der Waals surface area contributed by atoms with Crippen LogP contribution in [0.25, 0.3) is 0 Å². The zero-order chi connectivity index (χ0) is 37.0. The van der Waals surface area contributed by atoms with Crippen molar-refractivity contribution in [3.05, 3.63) is 0 Å². The van der Waals surface area contributed by atoms with Crippen LogP contribution in [0.5, 0.6) is 0 Å². The van der Waals surface area contributed by atoms with Crippen LogP contribution in [0.2, 0.25) is 0 Å². The van der Waals surface area contributed by atoms with E-state index in [-0.39, 0.29) is 56.7 Å². The number of hydrogen-bond acceptors (Lipinski definition) is 13. The molecule has 19 nitrogen and oxygen atoms in total. The van der Waals surface area contributed by atoms with E-state index < -0.39 is 17.9 Å². The summed E-state index contributed by atoms with van der Waals surface area (Å²) in [6.07, 6.45) is 1.55. The first-order valence-electron chi connectivity index (χ1n) is 17.0. The Morgan fingerprint density at radius 3 is 1.16 bits per heavy atom. The highest BCUT2D eigenvalue weighted by Gasteiger charge is 2.21. The highest BCUT2D eigenvalue weighted by Crippen LogP contribution is 2.02. The average Bonchev–Trinajstić information content (AvgIpc) is 3.05. The largest absolute Gasteiger partial charge is 0.480 e. The number of carboxylic acid groups (broad SMARTS) is 3. The molecular weight excluding hydrogens is 662 g/mol. The van der Waals surface area contributed by atoms with E-state index in [2.05, 4.69) is 16.0 Å². The Labute approximate surface area is 293 Å². The minimum absolute atomic E-state index is 0.0531. The quantitative estimate of drug-likeness (QED) is 0.0517. The Morgan fingerprint density at radius 1 is 0.480 bits per heavy atom. The van der Waals surface area contributed by atoms with E-state index in [9.17, 15) is 44.1 Å². The Morgan fingerprint density at radius 2 is 0.800 bits per heavy atom. The van der Waals surface area contributed by atoms with Gasteiger partial charge in [-0.15, -0.1) is 0 Å². The summed E-state index contributed by atoms with van der Waals surface area (Å²) in [4.78, 5) is 76.6. The molecule has 0 aliphatic carbocycles. The molecule has 1 fully saturated rings. The van der Waals surface area contributed by atoms with E-state index in [1.807, 2.05) is 4.90 Å². The van der Waals surface area contributed by atoms with E-state index in [0.717, 1.165) is 0 Å². The molecule has 0 bridgehead atoms. The second-order valence-electron chi connectivity index (χ2n) is 11.7. The first-order chi connectivity index (χ1) is 24.0. The van der Waals surface area contributed by atoms with Crippen molar-refractivity contribution in [1.82, 2.24) is 35.6 Å². The number of aliphatic carboxylic acids is 3. The fourth-order valence-corrected chi connectivity index (χ4v) is 4.83. The van der Waals surface area contributed by atoms with Gasteiger partial charge >= 0.3 is 17.9 Å². The van der Waals surface area contributed by atoms with Gasteiger partial charge in [0.15, 0.2) is 0 Å². The van der Waals surface area contributed by atoms with E-state index >= 15 is 0 Å². The van der Waals surface area contributed by atoms with Crippen LogP contribution in [0.1, 0.15) is 25.7 Å². The molecular formula is C31H57N7O12. The zero-order valence-corrected chi connectivity index (χ0v) is 29.3. The topological polar surface area (TPSA) is 240 Å². The predicted molar refractivity (Wildman–Crippen MR) is 180 cm³/mol. The third-order valence-electron chi connectivity index (χ3n) is 7.55. The monoisotopic (exact) mass is 719 g/mol. The molecule has 50 heavy (non-hydrogen) atoms. The van der Waals surface area contributed by atoms with E-state index in [1.165, 1.54) is 7.05 Å². The second-order valence-corrected chi connectivity index (χ2v) is 11.7. The lowest BCUT2D eigenvalue weighted by atomic mass is 10.3. The number of nitrogens with zero attached hydrogens (tertiary/aromatic N) is 4. The third kappa shape index (κ3) is 25.5. The van der Waals surface area contributed by atoms with Gasteiger partial charge in [-0.25, -0.2) is 0 Å². The molecule has 0 atom stereocenters. The van der Waals surface area contributed by atoms with Gasteiger partial charge in [-0.3, -0.25) is 48.4 Å². The summed E-state index contributed by atoms with van der Waals surface area (Å²) >= 11 is 0. The molecule has 3 amide bonds. The Bertz CT molecular complexity index is 990. The summed E-state index contributed by atoms with van der Waals surface area (Å²) in [6.45, 7) is 5.35. The van der Waals surface area contributed by atoms with Crippen LogP contribution in [0, 0.1) is 0 Å². The van der Waals surface area contributed by atoms with Gasteiger partial charge in [0.2, 0.25) is 17.7 Å². The lowest BCUT2D eigenvalue weighted by Gasteiger charge is -2.32. The lowest BCUT2D eigenvalue weighted by Crippen LogP contribution is -2.49. The summed E-state index contributed by atoms with van der Waals surface area (Å²) < 4.78 is 16.5. The summed E-state index contributed by atoms with van der Waals surface area (Å²) in [5.74, 6) is -3.60. The van der Waals surface area contributed by atoms with Crippen LogP contribution in [0.3, 0.4) is 0 Å². The Kier molecular flexibility index (Phi) is 25.2. The molecule has 6 N–H and O–H groups in total. The van der Waals surface area contributed by atoms with E-state index in [0.29, 0.717) is 118 Å². The molecule has 0 spiro atoms. The first-order valence-corrected chi connectivity index (χ1v) is 17.0. The van der Waals surface area contributed by atoms with Crippen LogP contribution < -0.4 is 16.0 Å². The zero-order valence-electron chi connectivity index (χ0n) is 29.3. The summed E-state index contributed by atoms with van der Waals surface area (Å²) in [5, 5.41) is 36.1. The number of hydrogen-bond donors (Lipinski definition) is 6. The number of nitrogens with one attached hydrogen (secondary N) is 3. The molecule has 1 aliphatic heterocycles. The third-order valence-corrected chi connectivity index (χ3v) is 7.55. The smallest absolute Gasteiger partial charge is 0.317 e. The highest BCUT2D eigenvalue weighted by molar-refractivity contribution is 5.83. The highest BCUT2D eigenvalue weighted by atomic mass is 16.5. The molecule has 19 heteroatoms. The summed E-state index contributed by atoms with van der Waals surface area (Å²) in [6, 6.07) is 0. The summed E-state index contributed by atoms with van der Waals surface area (Å²) in [5.41, 5.74) is 0. The molecule has 1 aliphatic rings.